The molecule has 9 aromatic rings. The Bertz CT molecular complexity index is 4540. The molecule has 4 amide bonds. The number of aliphatic carboxylic acids is 3. The summed E-state index contributed by atoms with van der Waals surface area (Å²) >= 11 is 7.92. The molecule has 2 fully saturated rings. The van der Waals surface area contributed by atoms with Gasteiger partial charge < -0.3 is 72.1 Å². The highest BCUT2D eigenvalue weighted by Gasteiger charge is 2.43. The molecule has 3 aromatic carbocycles. The van der Waals surface area contributed by atoms with E-state index in [2.05, 4.69) is 82.5 Å². The van der Waals surface area contributed by atoms with Crippen molar-refractivity contribution < 1.29 is 95.7 Å². The van der Waals surface area contributed by atoms with Gasteiger partial charge in [-0.2, -0.15) is 0 Å². The second-order valence-corrected chi connectivity index (χ2v) is 30.9. The molecule has 0 radical (unpaired) electrons. The van der Waals surface area contributed by atoms with Crippen LogP contribution in [0.4, 0.5) is 44.0 Å². The van der Waals surface area contributed by atoms with Crippen LogP contribution in [0, 0.1) is 17.5 Å². The second-order valence-electron chi connectivity index (χ2n) is 24.4. The second kappa shape index (κ2) is 43.1. The van der Waals surface area contributed by atoms with Crippen molar-refractivity contribution >= 4 is 152 Å². The number of aliphatic hydroxyl groups is 1. The van der Waals surface area contributed by atoms with Gasteiger partial charge in [0.2, 0.25) is 66.0 Å². The number of amides is 4. The number of nitrogens with one attached hydrogen (secondary N) is 4. The van der Waals surface area contributed by atoms with Crippen molar-refractivity contribution in [1.82, 2.24) is 61.2 Å². The molecular weight excluding hydrogens is 1570 g/mol. The summed E-state index contributed by atoms with van der Waals surface area (Å²) in [7, 11) is 0. The van der Waals surface area contributed by atoms with E-state index in [1.165, 1.54) is 110 Å². The number of aromatic nitrogens is 12. The van der Waals surface area contributed by atoms with E-state index in [0.29, 0.717) is 73.0 Å². The number of rotatable bonds is 32. The largest absolute Gasteiger partial charge is 0.481 e. The van der Waals surface area contributed by atoms with Crippen LogP contribution in [0.2, 0.25) is 0 Å². The van der Waals surface area contributed by atoms with Gasteiger partial charge in [0.15, 0.2) is 18.3 Å². The molecule has 35 nitrogen and oxygen atoms in total. The molecule has 12 N–H and O–H groups in total. The van der Waals surface area contributed by atoms with Crippen LogP contribution < -0.4 is 32.7 Å². The number of ether oxygens (including phenoxy) is 4. The highest BCUT2D eigenvalue weighted by atomic mass is 32.1. The summed E-state index contributed by atoms with van der Waals surface area (Å²) in [6.07, 6.45) is 5.02. The minimum Gasteiger partial charge on any atom is -0.481 e. The Balaban J connectivity index is 0.000000208. The number of hydrogen-bond acceptors (Lipinski definition) is 34. The topological polar surface area (TPSA) is 526 Å². The zero-order valence-corrected chi connectivity index (χ0v) is 64.0. The van der Waals surface area contributed by atoms with Crippen LogP contribution in [-0.4, -0.2) is 165 Å². The zero-order valence-electron chi connectivity index (χ0n) is 59.1. The number of carboxylic acids is 3. The van der Waals surface area contributed by atoms with Gasteiger partial charge in [-0.15, -0.1) is 61.2 Å². The molecule has 44 heteroatoms. The third kappa shape index (κ3) is 32.8. The summed E-state index contributed by atoms with van der Waals surface area (Å²) in [5.74, 6) is -9.52. The van der Waals surface area contributed by atoms with Crippen LogP contribution >= 0.6 is 68.0 Å². The molecule has 588 valence electrons. The number of esters is 2. The highest BCUT2D eigenvalue weighted by molar-refractivity contribution is 7.16. The summed E-state index contributed by atoms with van der Waals surface area (Å²) in [4.78, 5) is 102. The molecule has 3 atom stereocenters. The van der Waals surface area contributed by atoms with Gasteiger partial charge in [0.05, 0.1) is 38.5 Å². The van der Waals surface area contributed by atoms with Crippen LogP contribution in [0.1, 0.15) is 132 Å². The minimum absolute atomic E-state index is 0.0388. The molecule has 8 heterocycles. The third-order valence-electron chi connectivity index (χ3n) is 14.1. The first kappa shape index (κ1) is 86.8. The fourth-order valence-electron chi connectivity index (χ4n) is 9.45. The molecule has 0 unspecified atom stereocenters. The number of aliphatic hydroxyl groups excluding tert-OH is 1. The number of nitrogen functional groups attached to an aromatic ring is 2. The summed E-state index contributed by atoms with van der Waals surface area (Å²) in [5, 5.41) is 99.9. The van der Waals surface area contributed by atoms with E-state index in [-0.39, 0.29) is 54.9 Å². The first-order valence-electron chi connectivity index (χ1n) is 33.3. The van der Waals surface area contributed by atoms with Crippen molar-refractivity contribution in [3.8, 4) is 0 Å². The number of benzene rings is 3. The maximum absolute atomic E-state index is 13.3. The zero-order chi connectivity index (χ0) is 79.9. The van der Waals surface area contributed by atoms with Crippen molar-refractivity contribution in [3.63, 3.8) is 0 Å². The maximum atomic E-state index is 13.3. The molecule has 2 aliphatic heterocycles. The number of cyclic esters (lactones) is 2. The van der Waals surface area contributed by atoms with E-state index < -0.39 is 89.6 Å². The third-order valence-corrected chi connectivity index (χ3v) is 19.3. The quantitative estimate of drug-likeness (QED) is 0.0141. The monoisotopic (exact) mass is 1640 g/mol. The minimum atomic E-state index is -1.77. The van der Waals surface area contributed by atoms with Gasteiger partial charge in [-0.05, 0) is 91.6 Å². The van der Waals surface area contributed by atoms with E-state index in [1.807, 2.05) is 0 Å². The fourth-order valence-corrected chi connectivity index (χ4v) is 13.9. The van der Waals surface area contributed by atoms with Crippen LogP contribution in [0.25, 0.3) is 0 Å². The Hall–Kier alpha value is -10.5. The van der Waals surface area contributed by atoms with E-state index in [1.54, 1.807) is 58.0 Å². The predicted molar refractivity (Wildman–Crippen MR) is 396 cm³/mol. The number of hydrogen-bond donors (Lipinski definition) is 10. The summed E-state index contributed by atoms with van der Waals surface area (Å²) in [6.45, 7) is 6.34. The standard InChI is InChI=1S/C23H25FN6O5S2.C20H21FN6O5S2.C8H7FO2.C8H12N6S2.C7H10O5/c1-23(2)34-15(20(33)35-23)12-17(32)26-22-30-28-19(37-22)9-4-3-8-18-27-29-21(36-18)25-16(31)11-13-6-5-7-14(24)10-13;21-12-5-3-4-11(8-12)9-14(29)22-19-26-24-16(33-19)6-1-2-7-17-25-27-20(34-17)23-15(30)10-13(28)18(31)32;9-7-3-1-2-6(4-7)5-8(10)11;9-7-13-11-5(15-7)3-1-2-4-6-12-14-8(10)16-6;1-7(2)11-4(3-5(8)9)6(10)12-7/h5-7,10,15H,3-4,8-9,11-12H2,1-2H3,(H,25,29,31)(H,26,30,32);3-5,8,13,28H,1-2,6-7,9-10H2,(H,31,32)(H,22,26,29)(H,23,27,30);1-4H,5H2,(H,10,11);1-4H2,(H2,9,13)(H2,10,14);4H,3H2,1-2H3,(H,8,9)/t15-;13-;;;4-/m11..1/s1. The Labute approximate surface area is 648 Å². The summed E-state index contributed by atoms with van der Waals surface area (Å²) in [5.41, 5.74) is 12.6. The van der Waals surface area contributed by atoms with Gasteiger partial charge in [0.25, 0.3) is 0 Å². The average molecular weight is 1640 g/mol. The highest BCUT2D eigenvalue weighted by Crippen LogP contribution is 2.29. The van der Waals surface area contributed by atoms with Crippen molar-refractivity contribution in [2.45, 2.75) is 173 Å². The number of nitrogens with zero attached hydrogens (tertiary/aromatic N) is 12. The molecule has 0 aliphatic carbocycles. The van der Waals surface area contributed by atoms with Gasteiger partial charge in [-0.1, -0.05) is 104 Å². The molecule has 110 heavy (non-hydrogen) atoms. The van der Waals surface area contributed by atoms with Crippen LogP contribution in [0.5, 0.6) is 0 Å². The molecule has 0 bridgehead atoms. The van der Waals surface area contributed by atoms with Crippen LogP contribution in [-0.2, 0) is 120 Å². The first-order chi connectivity index (χ1) is 52.3. The smallest absolute Gasteiger partial charge is 0.338 e. The van der Waals surface area contributed by atoms with Gasteiger partial charge in [-0.3, -0.25) is 28.8 Å². The first-order valence-corrected chi connectivity index (χ1v) is 38.2. The van der Waals surface area contributed by atoms with Crippen molar-refractivity contribution in [2.75, 3.05) is 32.7 Å². The Morgan fingerprint density at radius 1 is 0.436 bits per heavy atom. The van der Waals surface area contributed by atoms with Crippen LogP contribution in [0.3, 0.4) is 0 Å². The summed E-state index contributed by atoms with van der Waals surface area (Å²) in [6, 6.07) is 17.3. The normalized spacial score (nSPS) is 14.6. The number of carbonyl (C=O) groups is 9. The predicted octanol–water partition coefficient (Wildman–Crippen LogP) is 8.04. The number of anilines is 6. The van der Waals surface area contributed by atoms with E-state index in [4.69, 9.17) is 45.7 Å². The van der Waals surface area contributed by atoms with E-state index >= 15 is 0 Å². The molecule has 2 aliphatic rings. The lowest BCUT2D eigenvalue weighted by atomic mass is 10.1. The number of unbranched alkanes of at least 4 members (excludes halogenated alkanes) is 3. The Kier molecular flexibility index (Phi) is 34.0. The average Bonchev–Trinajstić information content (AvgIpc) is 1.69. The Morgan fingerprint density at radius 2 is 0.745 bits per heavy atom. The number of halogens is 3. The summed E-state index contributed by atoms with van der Waals surface area (Å²) < 4.78 is 59.1. The lowest BCUT2D eigenvalue weighted by molar-refractivity contribution is -0.162. The fraction of sp³-hybridized carbons (Fsp3) is 0.409. The van der Waals surface area contributed by atoms with E-state index in [0.717, 1.165) is 76.4 Å². The molecule has 0 saturated carbocycles. The lowest BCUT2D eigenvalue weighted by Crippen LogP contribution is -2.26. The van der Waals surface area contributed by atoms with Gasteiger partial charge in [0.1, 0.15) is 47.5 Å². The number of aryl methyl sites for hydroxylation is 6. The number of carbonyl (C=O) groups excluding carboxylic acids is 6. The van der Waals surface area contributed by atoms with Crippen molar-refractivity contribution in [3.05, 3.63) is 137 Å². The molecule has 2 saturated heterocycles. The number of carboxylic acid groups (broad SMARTS) is 3. The van der Waals surface area contributed by atoms with Gasteiger partial charge in [-0.25, -0.2) is 27.6 Å². The maximum Gasteiger partial charge on any atom is 0.338 e. The molecule has 11 rings (SSSR count). The molecule has 6 aromatic heterocycles. The SMILES string of the molecule is CC1(C)OC(=O)[C@@H](CC(=O)Nc2nnc(CCCCc3nnc(NC(=O)Cc4cccc(F)c4)s3)s2)O1.CC1(C)OC(=O)[C@@H](CC(=O)O)O1.Nc1nnc(CCCCc2nnc(N)s2)s1.O=C(Cc1cccc(F)c1)Nc1nnc(CCCCc2nnc(NC(=O)C[C@@H](O)C(=O)O)s2)s1.O=C(O)Cc1cccc(F)c1. The van der Waals surface area contributed by atoms with Gasteiger partial charge >= 0.3 is 29.8 Å². The van der Waals surface area contributed by atoms with Gasteiger partial charge in [0, 0.05) is 66.2 Å². The Morgan fingerprint density at radius 3 is 1.04 bits per heavy atom. The molecular formula is C66H75F3N18O17S6. The van der Waals surface area contributed by atoms with Crippen molar-refractivity contribution in [1.29, 1.82) is 0 Å². The van der Waals surface area contributed by atoms with Crippen LogP contribution in [0.15, 0.2) is 72.8 Å². The van der Waals surface area contributed by atoms with Crippen molar-refractivity contribution in [2.24, 2.45) is 0 Å². The molecule has 0 spiro atoms. The lowest BCUT2D eigenvalue weighted by Gasteiger charge is -2.14. The van der Waals surface area contributed by atoms with E-state index in [9.17, 15) is 61.4 Å². The number of nitrogens with two attached hydrogens (primary N) is 2.